The number of nitrogens with zero attached hydrogens (tertiary/aromatic N) is 2. The van der Waals surface area contributed by atoms with E-state index >= 15 is 0 Å². The lowest BCUT2D eigenvalue weighted by atomic mass is 10.0. The summed E-state index contributed by atoms with van der Waals surface area (Å²) in [6.45, 7) is 1.69. The van der Waals surface area contributed by atoms with Crippen LogP contribution in [0.1, 0.15) is 67.0 Å². The monoisotopic (exact) mass is 427 g/mol. The highest BCUT2D eigenvalue weighted by atomic mass is 16.2. The maximum atomic E-state index is 13.1. The zero-order valence-electron chi connectivity index (χ0n) is 18.2. The zero-order chi connectivity index (χ0) is 22.8. The summed E-state index contributed by atoms with van der Waals surface area (Å²) in [7, 11) is 0. The molecule has 31 heavy (non-hydrogen) atoms. The second kappa shape index (κ2) is 8.87. The predicted octanol–water partition coefficient (Wildman–Crippen LogP) is 1.29. The highest BCUT2D eigenvalue weighted by Gasteiger charge is 2.45. The smallest absolute Gasteiger partial charge is 0.264 e. The van der Waals surface area contributed by atoms with Crippen LogP contribution in [0.4, 0.5) is 5.69 Å². The number of hydrogen-bond acceptors (Lipinski definition) is 6. The van der Waals surface area contributed by atoms with Crippen LogP contribution in [0, 0.1) is 0 Å². The minimum atomic E-state index is -1.00. The average molecular weight is 427 g/mol. The summed E-state index contributed by atoms with van der Waals surface area (Å²) in [5.41, 5.74) is 0.920. The number of imide groups is 2. The van der Waals surface area contributed by atoms with Gasteiger partial charge in [-0.2, -0.15) is 0 Å². The molecule has 9 heteroatoms. The molecule has 3 aliphatic rings. The maximum absolute atomic E-state index is 13.1. The summed E-state index contributed by atoms with van der Waals surface area (Å²) in [4.78, 5) is 64.6. The van der Waals surface area contributed by atoms with Gasteiger partial charge in [0.2, 0.25) is 17.7 Å². The van der Waals surface area contributed by atoms with Crippen molar-refractivity contribution < 1.29 is 25.3 Å². The van der Waals surface area contributed by atoms with Gasteiger partial charge in [-0.15, -0.1) is 0 Å². The number of likely N-dealkylation sites (tertiary alicyclic amines) is 1. The van der Waals surface area contributed by atoms with Gasteiger partial charge in [0, 0.05) is 39.5 Å². The van der Waals surface area contributed by atoms with Gasteiger partial charge in [0.25, 0.3) is 11.8 Å². The summed E-state index contributed by atoms with van der Waals surface area (Å²) in [5.74, 6) is -2.10. The van der Waals surface area contributed by atoms with E-state index in [4.69, 9.17) is 1.37 Å². The largest absolute Gasteiger partial charge is 0.384 e. The van der Waals surface area contributed by atoms with Crippen molar-refractivity contribution in [2.45, 2.75) is 51.0 Å². The molecule has 164 valence electrons. The molecule has 4 rings (SSSR count). The number of piperidine rings is 2. The number of benzene rings is 1. The van der Waals surface area contributed by atoms with Crippen LogP contribution < -0.4 is 10.6 Å². The lowest BCUT2D eigenvalue weighted by Gasteiger charge is -2.27. The first kappa shape index (κ1) is 19.7. The summed E-state index contributed by atoms with van der Waals surface area (Å²) in [6, 6.07) is 3.90. The van der Waals surface area contributed by atoms with Crippen LogP contribution >= 0.6 is 0 Å². The molecule has 5 amide bonds. The predicted molar refractivity (Wildman–Crippen MR) is 111 cm³/mol. The molecule has 1 atom stereocenters. The van der Waals surface area contributed by atoms with E-state index in [1.807, 2.05) is 0 Å². The van der Waals surface area contributed by atoms with Crippen molar-refractivity contribution >= 4 is 35.2 Å². The molecule has 0 radical (unpaired) electrons. The number of hydrogen-bond donors (Lipinski definition) is 2. The number of anilines is 1. The first-order chi connectivity index (χ1) is 15.4. The number of amides is 5. The Labute approximate surface area is 181 Å². The van der Waals surface area contributed by atoms with E-state index in [1.165, 1.54) is 0 Å². The van der Waals surface area contributed by atoms with Crippen LogP contribution in [0.5, 0.6) is 0 Å². The Hall–Kier alpha value is -3.23. The lowest BCUT2D eigenvalue weighted by Crippen LogP contribution is -2.54. The minimum absolute atomic E-state index is 0.0623. The topological polar surface area (TPSA) is 116 Å². The maximum Gasteiger partial charge on any atom is 0.264 e. The third-order valence-electron chi connectivity index (χ3n) is 5.91. The van der Waals surface area contributed by atoms with Crippen molar-refractivity contribution in [3.63, 3.8) is 0 Å². The normalized spacial score (nSPS) is 22.3. The number of nitrogens with one attached hydrogen (secondary N) is 2. The van der Waals surface area contributed by atoms with Crippen molar-refractivity contribution in [1.82, 2.24) is 15.1 Å². The van der Waals surface area contributed by atoms with Gasteiger partial charge < -0.3 is 10.2 Å². The third-order valence-corrected chi connectivity index (χ3v) is 5.91. The standard InChI is InChI=1S/C22H26N4O5/c27-17-10-9-16(20(29)24-17)26-21(30)14-6-4-7-15(19(14)22(26)31)23-11-5-8-18(28)25-12-2-1-3-13-25/h4,6-7,16,23H,1-3,5,8-13H2,(H,24,27,29)/i1D. The van der Waals surface area contributed by atoms with Crippen LogP contribution in [0.3, 0.4) is 0 Å². The molecular weight excluding hydrogens is 400 g/mol. The van der Waals surface area contributed by atoms with Crippen LogP contribution in [-0.4, -0.2) is 65.0 Å². The molecule has 3 heterocycles. The Morgan fingerprint density at radius 3 is 2.68 bits per heavy atom. The van der Waals surface area contributed by atoms with E-state index in [1.54, 1.807) is 23.1 Å². The molecular formula is C22H26N4O5. The number of carbonyl (C=O) groups excluding carboxylic acids is 5. The van der Waals surface area contributed by atoms with Crippen molar-refractivity contribution in [3.8, 4) is 0 Å². The Morgan fingerprint density at radius 1 is 1.16 bits per heavy atom. The van der Waals surface area contributed by atoms with Gasteiger partial charge in [0.05, 0.1) is 11.1 Å². The van der Waals surface area contributed by atoms with Gasteiger partial charge in [-0.05, 0) is 44.2 Å². The van der Waals surface area contributed by atoms with Gasteiger partial charge in [-0.25, -0.2) is 0 Å². The lowest BCUT2D eigenvalue weighted by molar-refractivity contribution is -0.136. The van der Waals surface area contributed by atoms with E-state index in [0.717, 1.165) is 4.90 Å². The second-order valence-electron chi connectivity index (χ2n) is 7.95. The number of fused-ring (bicyclic) bond motifs is 1. The molecule has 0 spiro atoms. The molecule has 0 bridgehead atoms. The molecule has 3 aliphatic heterocycles. The Morgan fingerprint density at radius 2 is 1.94 bits per heavy atom. The van der Waals surface area contributed by atoms with E-state index in [2.05, 4.69) is 10.6 Å². The second-order valence-corrected chi connectivity index (χ2v) is 7.95. The Bertz CT molecular complexity index is 973. The fourth-order valence-corrected chi connectivity index (χ4v) is 4.28. The van der Waals surface area contributed by atoms with Crippen molar-refractivity contribution in [3.05, 3.63) is 29.3 Å². The molecule has 0 aromatic heterocycles. The van der Waals surface area contributed by atoms with Crippen molar-refractivity contribution in [2.75, 3.05) is 25.0 Å². The Kier molecular flexibility index (Phi) is 5.64. The number of rotatable bonds is 6. The first-order valence-corrected chi connectivity index (χ1v) is 10.7. The van der Waals surface area contributed by atoms with Gasteiger partial charge in [-0.1, -0.05) is 6.07 Å². The molecule has 2 fully saturated rings. The SMILES string of the molecule is [2H]C1CCN(C(=O)CCCNc2cccc3c2C(=O)N(C2CCC(=O)NC2=O)C3=O)CC1. The zero-order valence-corrected chi connectivity index (χ0v) is 17.2. The van der Waals surface area contributed by atoms with Gasteiger partial charge in [0.1, 0.15) is 6.04 Å². The van der Waals surface area contributed by atoms with Gasteiger partial charge in [-0.3, -0.25) is 34.2 Å². The highest BCUT2D eigenvalue weighted by molar-refractivity contribution is 6.25. The molecule has 1 unspecified atom stereocenters. The van der Waals surface area contributed by atoms with Crippen LogP contribution in [0.2, 0.25) is 0 Å². The molecule has 1 aromatic carbocycles. The van der Waals surface area contributed by atoms with Crippen molar-refractivity contribution in [2.24, 2.45) is 0 Å². The van der Waals surface area contributed by atoms with Crippen LogP contribution in [0.15, 0.2) is 18.2 Å². The fourth-order valence-electron chi connectivity index (χ4n) is 4.28. The average Bonchev–Trinajstić information content (AvgIpc) is 3.02. The molecule has 1 aromatic rings. The summed E-state index contributed by atoms with van der Waals surface area (Å²) >= 11 is 0. The number of carbonyl (C=O) groups is 5. The summed E-state index contributed by atoms with van der Waals surface area (Å²) in [5, 5.41) is 5.33. The van der Waals surface area contributed by atoms with Crippen LogP contribution in [-0.2, 0) is 14.4 Å². The highest BCUT2D eigenvalue weighted by Crippen LogP contribution is 2.32. The molecule has 2 N–H and O–H groups in total. The minimum Gasteiger partial charge on any atom is -0.384 e. The molecule has 2 saturated heterocycles. The molecule has 0 aliphatic carbocycles. The van der Waals surface area contributed by atoms with Gasteiger partial charge >= 0.3 is 0 Å². The first-order valence-electron chi connectivity index (χ1n) is 11.2. The molecule has 0 saturated carbocycles. The van der Waals surface area contributed by atoms with Crippen molar-refractivity contribution in [1.29, 1.82) is 0 Å². The van der Waals surface area contributed by atoms with E-state index in [-0.39, 0.29) is 36.3 Å². The fraction of sp³-hybridized carbons (Fsp3) is 0.500. The molecule has 9 nitrogen and oxygen atoms in total. The van der Waals surface area contributed by atoms with E-state index in [0.29, 0.717) is 51.0 Å². The Balaban J connectivity index is 1.37. The van der Waals surface area contributed by atoms with Crippen LogP contribution in [0.25, 0.3) is 0 Å². The third kappa shape index (κ3) is 4.17. The van der Waals surface area contributed by atoms with Gasteiger partial charge in [0.15, 0.2) is 0 Å². The quantitative estimate of drug-likeness (QED) is 0.522. The van der Waals surface area contributed by atoms with E-state index in [9.17, 15) is 24.0 Å². The summed E-state index contributed by atoms with van der Waals surface area (Å²) in [6.07, 6.45) is 2.43. The summed E-state index contributed by atoms with van der Waals surface area (Å²) < 4.78 is 7.72. The van der Waals surface area contributed by atoms with E-state index < -0.39 is 29.7 Å².